The molecule has 0 aliphatic carbocycles. The molecule has 6 nitrogen and oxygen atoms in total. The fourth-order valence-electron chi connectivity index (χ4n) is 2.83. The SMILES string of the molecule is COc1ccc(-c2nnc(-c3cc4cccc(OC)c4nc3C)o2)cc1. The van der Waals surface area contributed by atoms with Gasteiger partial charge in [-0.1, -0.05) is 12.1 Å². The number of pyridine rings is 1. The minimum absolute atomic E-state index is 0.436. The second-order valence-electron chi connectivity index (χ2n) is 5.79. The molecule has 0 spiro atoms. The molecule has 2 heterocycles. The summed E-state index contributed by atoms with van der Waals surface area (Å²) in [5.74, 6) is 2.40. The molecule has 0 fully saturated rings. The standard InChI is InChI=1S/C20H17N3O3/c1-12-16(11-14-5-4-6-17(25-3)18(14)21-12)20-23-22-19(26-20)13-7-9-15(24-2)10-8-13/h4-11H,1-3H3. The maximum atomic E-state index is 5.88. The topological polar surface area (TPSA) is 70.3 Å². The summed E-state index contributed by atoms with van der Waals surface area (Å²) < 4.78 is 16.4. The van der Waals surface area contributed by atoms with Gasteiger partial charge < -0.3 is 13.9 Å². The number of aryl methyl sites for hydroxylation is 1. The van der Waals surface area contributed by atoms with E-state index in [2.05, 4.69) is 15.2 Å². The number of rotatable bonds is 4. The van der Waals surface area contributed by atoms with Crippen LogP contribution in [0.1, 0.15) is 5.69 Å². The molecule has 0 bridgehead atoms. The molecule has 0 atom stereocenters. The molecule has 2 aromatic heterocycles. The van der Waals surface area contributed by atoms with Gasteiger partial charge in [0.25, 0.3) is 0 Å². The maximum Gasteiger partial charge on any atom is 0.250 e. The van der Waals surface area contributed by atoms with Crippen LogP contribution in [0, 0.1) is 6.92 Å². The smallest absolute Gasteiger partial charge is 0.250 e. The minimum Gasteiger partial charge on any atom is -0.497 e. The molecular weight excluding hydrogens is 330 g/mol. The molecule has 0 saturated carbocycles. The van der Waals surface area contributed by atoms with Crippen LogP contribution < -0.4 is 9.47 Å². The molecule has 2 aromatic carbocycles. The van der Waals surface area contributed by atoms with Crippen LogP contribution in [0.25, 0.3) is 33.8 Å². The average Bonchev–Trinajstić information content (AvgIpc) is 3.17. The third-order valence-corrected chi connectivity index (χ3v) is 4.21. The van der Waals surface area contributed by atoms with E-state index in [1.807, 2.05) is 55.5 Å². The number of ether oxygens (including phenoxy) is 2. The van der Waals surface area contributed by atoms with Crippen molar-refractivity contribution in [3.63, 3.8) is 0 Å². The predicted molar refractivity (Wildman–Crippen MR) is 98.3 cm³/mol. The van der Waals surface area contributed by atoms with Gasteiger partial charge in [0, 0.05) is 10.9 Å². The Morgan fingerprint density at radius 3 is 2.38 bits per heavy atom. The molecule has 4 rings (SSSR count). The first-order chi connectivity index (χ1) is 12.7. The van der Waals surface area contributed by atoms with Crippen molar-refractivity contribution in [2.24, 2.45) is 0 Å². The number of para-hydroxylation sites is 1. The molecule has 6 heteroatoms. The molecule has 0 N–H and O–H groups in total. The number of aromatic nitrogens is 3. The van der Waals surface area contributed by atoms with Gasteiger partial charge in [-0.2, -0.15) is 0 Å². The number of hydrogen-bond acceptors (Lipinski definition) is 6. The molecular formula is C20H17N3O3. The molecule has 0 radical (unpaired) electrons. The highest BCUT2D eigenvalue weighted by Gasteiger charge is 2.15. The summed E-state index contributed by atoms with van der Waals surface area (Å²) in [4.78, 5) is 4.66. The van der Waals surface area contributed by atoms with E-state index in [9.17, 15) is 0 Å². The number of benzene rings is 2. The lowest BCUT2D eigenvalue weighted by Crippen LogP contribution is -1.93. The quantitative estimate of drug-likeness (QED) is 0.549. The molecule has 26 heavy (non-hydrogen) atoms. The Labute approximate surface area is 150 Å². The Bertz CT molecular complexity index is 1070. The van der Waals surface area contributed by atoms with Crippen LogP contribution in [0.2, 0.25) is 0 Å². The van der Waals surface area contributed by atoms with Gasteiger partial charge in [-0.15, -0.1) is 10.2 Å². The van der Waals surface area contributed by atoms with Gasteiger partial charge in [0.2, 0.25) is 11.8 Å². The zero-order valence-electron chi connectivity index (χ0n) is 14.7. The zero-order valence-corrected chi connectivity index (χ0v) is 14.7. The molecule has 130 valence electrons. The highest BCUT2D eigenvalue weighted by molar-refractivity contribution is 5.88. The van der Waals surface area contributed by atoms with E-state index in [0.717, 1.165) is 39.2 Å². The van der Waals surface area contributed by atoms with E-state index >= 15 is 0 Å². The van der Waals surface area contributed by atoms with Gasteiger partial charge >= 0.3 is 0 Å². The third kappa shape index (κ3) is 2.75. The second kappa shape index (κ2) is 6.48. The van der Waals surface area contributed by atoms with Crippen molar-refractivity contribution in [2.75, 3.05) is 14.2 Å². The first-order valence-electron chi connectivity index (χ1n) is 8.12. The predicted octanol–water partition coefficient (Wildman–Crippen LogP) is 4.28. The highest BCUT2D eigenvalue weighted by Crippen LogP contribution is 2.31. The van der Waals surface area contributed by atoms with E-state index in [1.54, 1.807) is 14.2 Å². The van der Waals surface area contributed by atoms with E-state index < -0.39 is 0 Å². The Balaban J connectivity index is 1.76. The lowest BCUT2D eigenvalue weighted by molar-refractivity contribution is 0.415. The summed E-state index contributed by atoms with van der Waals surface area (Å²) >= 11 is 0. The average molecular weight is 347 g/mol. The van der Waals surface area contributed by atoms with E-state index in [1.165, 1.54) is 0 Å². The van der Waals surface area contributed by atoms with Crippen molar-refractivity contribution in [2.45, 2.75) is 6.92 Å². The van der Waals surface area contributed by atoms with Gasteiger partial charge in [-0.3, -0.25) is 0 Å². The molecule has 0 amide bonds. The summed E-state index contributed by atoms with van der Waals surface area (Å²) in [6.07, 6.45) is 0. The van der Waals surface area contributed by atoms with Crippen LogP contribution in [0.5, 0.6) is 11.5 Å². The third-order valence-electron chi connectivity index (χ3n) is 4.21. The van der Waals surface area contributed by atoms with Crippen molar-refractivity contribution in [3.05, 3.63) is 54.2 Å². The van der Waals surface area contributed by atoms with Crippen molar-refractivity contribution in [1.82, 2.24) is 15.2 Å². The normalized spacial score (nSPS) is 10.9. The summed E-state index contributed by atoms with van der Waals surface area (Å²) in [6, 6.07) is 15.3. The number of nitrogens with zero attached hydrogens (tertiary/aromatic N) is 3. The summed E-state index contributed by atoms with van der Waals surface area (Å²) in [5.41, 5.74) is 3.24. The summed E-state index contributed by atoms with van der Waals surface area (Å²) in [6.45, 7) is 1.92. The monoisotopic (exact) mass is 347 g/mol. The van der Waals surface area contributed by atoms with Crippen LogP contribution in [0.3, 0.4) is 0 Å². The second-order valence-corrected chi connectivity index (χ2v) is 5.79. The summed E-state index contributed by atoms with van der Waals surface area (Å²) in [7, 11) is 3.27. The van der Waals surface area contributed by atoms with Gasteiger partial charge in [0.05, 0.1) is 25.5 Å². The Kier molecular flexibility index (Phi) is 4.01. The largest absolute Gasteiger partial charge is 0.497 e. The lowest BCUT2D eigenvalue weighted by atomic mass is 10.1. The zero-order chi connectivity index (χ0) is 18.1. The summed E-state index contributed by atoms with van der Waals surface area (Å²) in [5, 5.41) is 9.31. The first kappa shape index (κ1) is 16.1. The van der Waals surface area contributed by atoms with Crippen LogP contribution in [0.15, 0.2) is 52.9 Å². The fraction of sp³-hybridized carbons (Fsp3) is 0.150. The van der Waals surface area contributed by atoms with Crippen molar-refractivity contribution >= 4 is 10.9 Å². The molecule has 0 saturated heterocycles. The highest BCUT2D eigenvalue weighted by atomic mass is 16.5. The maximum absolute atomic E-state index is 5.88. The number of hydrogen-bond donors (Lipinski definition) is 0. The van der Waals surface area contributed by atoms with Crippen molar-refractivity contribution in [3.8, 4) is 34.4 Å². The van der Waals surface area contributed by atoms with Gasteiger partial charge in [-0.25, -0.2) is 4.98 Å². The van der Waals surface area contributed by atoms with E-state index in [4.69, 9.17) is 13.9 Å². The van der Waals surface area contributed by atoms with Crippen molar-refractivity contribution in [1.29, 1.82) is 0 Å². The molecule has 0 aliphatic heterocycles. The van der Waals surface area contributed by atoms with E-state index in [-0.39, 0.29) is 0 Å². The first-order valence-corrected chi connectivity index (χ1v) is 8.12. The van der Waals surface area contributed by atoms with Crippen LogP contribution in [0.4, 0.5) is 0 Å². The lowest BCUT2D eigenvalue weighted by Gasteiger charge is -2.07. The van der Waals surface area contributed by atoms with E-state index in [0.29, 0.717) is 11.8 Å². The number of methoxy groups -OCH3 is 2. The number of fused-ring (bicyclic) bond motifs is 1. The molecule has 0 aliphatic rings. The van der Waals surface area contributed by atoms with Gasteiger partial charge in [0.1, 0.15) is 17.0 Å². The van der Waals surface area contributed by atoms with Crippen LogP contribution in [-0.4, -0.2) is 29.4 Å². The van der Waals surface area contributed by atoms with Crippen molar-refractivity contribution < 1.29 is 13.9 Å². The van der Waals surface area contributed by atoms with Gasteiger partial charge in [0.15, 0.2) is 0 Å². The minimum atomic E-state index is 0.436. The Morgan fingerprint density at radius 1 is 0.885 bits per heavy atom. The molecule has 0 unspecified atom stereocenters. The van der Waals surface area contributed by atoms with Crippen LogP contribution in [-0.2, 0) is 0 Å². The van der Waals surface area contributed by atoms with Gasteiger partial charge in [-0.05, 0) is 43.3 Å². The van der Waals surface area contributed by atoms with Crippen LogP contribution >= 0.6 is 0 Å². The Morgan fingerprint density at radius 2 is 1.65 bits per heavy atom. The Hall–Kier alpha value is -3.41. The fourth-order valence-corrected chi connectivity index (χ4v) is 2.83. The molecule has 4 aromatic rings.